The van der Waals surface area contributed by atoms with E-state index in [-0.39, 0.29) is 29.8 Å². The fourth-order valence-electron chi connectivity index (χ4n) is 2.96. The third-order valence-electron chi connectivity index (χ3n) is 4.27. The number of halogens is 1. The summed E-state index contributed by atoms with van der Waals surface area (Å²) in [5, 5.41) is 0. The molecule has 2 atom stereocenters. The van der Waals surface area contributed by atoms with Gasteiger partial charge in [-0.3, -0.25) is 4.79 Å². The number of rotatable bonds is 2. The van der Waals surface area contributed by atoms with Crippen LogP contribution in [0.2, 0.25) is 0 Å². The molecule has 1 fully saturated rings. The first kappa shape index (κ1) is 17.0. The molecule has 0 radical (unpaired) electrons. The van der Waals surface area contributed by atoms with Crippen molar-refractivity contribution >= 4 is 24.0 Å². The van der Waals surface area contributed by atoms with Crippen molar-refractivity contribution < 1.29 is 4.79 Å². The van der Waals surface area contributed by atoms with Crippen molar-refractivity contribution in [2.45, 2.75) is 45.1 Å². The van der Waals surface area contributed by atoms with Crippen molar-refractivity contribution in [3.63, 3.8) is 0 Å². The van der Waals surface area contributed by atoms with Crippen LogP contribution < -0.4 is 10.6 Å². The standard InChI is InChI=1S/C16H24N2O.ClH/c1-12-7-6-8-13(11-12)18(3)15(19)14-9-4-5-10-16(14,2)17;/h6-8,11,14H,4-5,9-10,17H2,1-3H3;1H. The molecule has 1 amide bonds. The summed E-state index contributed by atoms with van der Waals surface area (Å²) in [6.07, 6.45) is 4.07. The lowest BCUT2D eigenvalue weighted by Crippen LogP contribution is -2.53. The Balaban J connectivity index is 0.00000200. The highest BCUT2D eigenvalue weighted by Crippen LogP contribution is 2.33. The number of nitrogens with zero attached hydrogens (tertiary/aromatic N) is 1. The summed E-state index contributed by atoms with van der Waals surface area (Å²) in [5.74, 6) is 0.0852. The van der Waals surface area contributed by atoms with Crippen LogP contribution in [0.15, 0.2) is 24.3 Å². The Morgan fingerprint density at radius 2 is 2.10 bits per heavy atom. The molecular weight excluding hydrogens is 272 g/mol. The summed E-state index contributed by atoms with van der Waals surface area (Å²) < 4.78 is 0. The summed E-state index contributed by atoms with van der Waals surface area (Å²) >= 11 is 0. The smallest absolute Gasteiger partial charge is 0.231 e. The van der Waals surface area contributed by atoms with Crippen molar-refractivity contribution in [1.82, 2.24) is 0 Å². The molecule has 112 valence electrons. The highest BCUT2D eigenvalue weighted by molar-refractivity contribution is 5.95. The molecule has 1 aliphatic rings. The van der Waals surface area contributed by atoms with E-state index in [0.717, 1.165) is 36.9 Å². The summed E-state index contributed by atoms with van der Waals surface area (Å²) in [5.41, 5.74) is 8.07. The molecule has 2 N–H and O–H groups in total. The predicted octanol–water partition coefficient (Wildman–Crippen LogP) is 3.29. The Morgan fingerprint density at radius 3 is 2.70 bits per heavy atom. The first-order valence-corrected chi connectivity index (χ1v) is 7.05. The zero-order chi connectivity index (χ0) is 14.0. The number of amides is 1. The first-order valence-electron chi connectivity index (χ1n) is 7.05. The second kappa shape index (κ2) is 6.59. The highest BCUT2D eigenvalue weighted by atomic mass is 35.5. The minimum Gasteiger partial charge on any atom is -0.325 e. The zero-order valence-corrected chi connectivity index (χ0v) is 13.4. The first-order chi connectivity index (χ1) is 8.92. The van der Waals surface area contributed by atoms with Crippen LogP contribution in [0.4, 0.5) is 5.69 Å². The van der Waals surface area contributed by atoms with Gasteiger partial charge < -0.3 is 10.6 Å². The summed E-state index contributed by atoms with van der Waals surface area (Å²) in [6.45, 7) is 4.05. The number of hydrogen-bond donors (Lipinski definition) is 1. The van der Waals surface area contributed by atoms with Crippen molar-refractivity contribution in [3.05, 3.63) is 29.8 Å². The quantitative estimate of drug-likeness (QED) is 0.910. The van der Waals surface area contributed by atoms with E-state index in [1.807, 2.05) is 45.2 Å². The monoisotopic (exact) mass is 296 g/mol. The Bertz CT molecular complexity index is 473. The van der Waals surface area contributed by atoms with Gasteiger partial charge in [-0.25, -0.2) is 0 Å². The molecular formula is C16H25ClN2O. The van der Waals surface area contributed by atoms with E-state index in [0.29, 0.717) is 0 Å². The number of anilines is 1. The van der Waals surface area contributed by atoms with E-state index in [4.69, 9.17) is 5.73 Å². The summed E-state index contributed by atoms with van der Waals surface area (Å²) in [7, 11) is 1.85. The van der Waals surface area contributed by atoms with Crippen LogP contribution in [0.3, 0.4) is 0 Å². The van der Waals surface area contributed by atoms with Gasteiger partial charge in [0, 0.05) is 18.3 Å². The molecule has 20 heavy (non-hydrogen) atoms. The van der Waals surface area contributed by atoms with Gasteiger partial charge in [-0.15, -0.1) is 12.4 Å². The Hall–Kier alpha value is -1.06. The molecule has 2 rings (SSSR count). The molecule has 1 aliphatic carbocycles. The van der Waals surface area contributed by atoms with E-state index < -0.39 is 0 Å². The number of carbonyl (C=O) groups is 1. The van der Waals surface area contributed by atoms with Gasteiger partial charge in [-0.05, 0) is 44.4 Å². The van der Waals surface area contributed by atoms with Crippen molar-refractivity contribution in [2.75, 3.05) is 11.9 Å². The van der Waals surface area contributed by atoms with Crippen molar-refractivity contribution in [3.8, 4) is 0 Å². The topological polar surface area (TPSA) is 46.3 Å². The molecule has 2 unspecified atom stereocenters. The van der Waals surface area contributed by atoms with Crippen LogP contribution >= 0.6 is 12.4 Å². The maximum Gasteiger partial charge on any atom is 0.231 e. The van der Waals surface area contributed by atoms with E-state index in [1.165, 1.54) is 0 Å². The lowest BCUT2D eigenvalue weighted by atomic mass is 9.74. The number of nitrogens with two attached hydrogens (primary N) is 1. The molecule has 0 spiro atoms. The fraction of sp³-hybridized carbons (Fsp3) is 0.562. The van der Waals surface area contributed by atoms with Gasteiger partial charge in [-0.2, -0.15) is 0 Å². The zero-order valence-electron chi connectivity index (χ0n) is 12.6. The highest BCUT2D eigenvalue weighted by Gasteiger charge is 2.39. The molecule has 3 nitrogen and oxygen atoms in total. The van der Waals surface area contributed by atoms with Gasteiger partial charge in [0.05, 0.1) is 5.92 Å². The SMILES string of the molecule is Cc1cccc(N(C)C(=O)C2CCCCC2(C)N)c1.Cl. The number of aryl methyl sites for hydroxylation is 1. The van der Waals surface area contributed by atoms with E-state index in [1.54, 1.807) is 4.90 Å². The largest absolute Gasteiger partial charge is 0.325 e. The maximum absolute atomic E-state index is 12.7. The molecule has 1 aromatic rings. The van der Waals surface area contributed by atoms with Crippen molar-refractivity contribution in [2.24, 2.45) is 11.7 Å². The molecule has 0 bridgehead atoms. The van der Waals surface area contributed by atoms with Crippen molar-refractivity contribution in [1.29, 1.82) is 0 Å². The number of carbonyl (C=O) groups excluding carboxylic acids is 1. The molecule has 0 aromatic heterocycles. The van der Waals surface area contributed by atoms with Crippen LogP contribution in [-0.4, -0.2) is 18.5 Å². The fourth-order valence-corrected chi connectivity index (χ4v) is 2.96. The molecule has 0 aliphatic heterocycles. The normalized spacial score (nSPS) is 25.7. The molecule has 0 heterocycles. The number of benzene rings is 1. The lowest BCUT2D eigenvalue weighted by molar-refractivity contribution is -0.125. The minimum atomic E-state index is -0.368. The lowest BCUT2D eigenvalue weighted by Gasteiger charge is -2.39. The predicted molar refractivity (Wildman–Crippen MR) is 86.4 cm³/mol. The Morgan fingerprint density at radius 1 is 1.40 bits per heavy atom. The second-order valence-corrected chi connectivity index (χ2v) is 6.04. The van der Waals surface area contributed by atoms with Gasteiger partial charge in [0.15, 0.2) is 0 Å². The van der Waals surface area contributed by atoms with E-state index in [2.05, 4.69) is 0 Å². The van der Waals surface area contributed by atoms with E-state index >= 15 is 0 Å². The summed E-state index contributed by atoms with van der Waals surface area (Å²) in [4.78, 5) is 14.4. The van der Waals surface area contributed by atoms with Crippen LogP contribution in [0, 0.1) is 12.8 Å². The number of hydrogen-bond acceptors (Lipinski definition) is 2. The van der Waals surface area contributed by atoms with Gasteiger partial charge >= 0.3 is 0 Å². The Kier molecular flexibility index (Phi) is 5.60. The van der Waals surface area contributed by atoms with Crippen LogP contribution in [0.5, 0.6) is 0 Å². The van der Waals surface area contributed by atoms with Gasteiger partial charge in [0.1, 0.15) is 0 Å². The average Bonchev–Trinajstić information content (AvgIpc) is 2.36. The minimum absolute atomic E-state index is 0. The van der Waals surface area contributed by atoms with Crippen LogP contribution in [-0.2, 0) is 4.79 Å². The third-order valence-corrected chi connectivity index (χ3v) is 4.27. The van der Waals surface area contributed by atoms with E-state index in [9.17, 15) is 4.79 Å². The second-order valence-electron chi connectivity index (χ2n) is 6.04. The molecule has 0 saturated heterocycles. The molecule has 1 saturated carbocycles. The van der Waals surface area contributed by atoms with Gasteiger partial charge in [0.25, 0.3) is 0 Å². The Labute approximate surface area is 127 Å². The van der Waals surface area contributed by atoms with Gasteiger partial charge in [0.2, 0.25) is 5.91 Å². The summed E-state index contributed by atoms with van der Waals surface area (Å²) in [6, 6.07) is 8.03. The molecule has 1 aromatic carbocycles. The average molecular weight is 297 g/mol. The van der Waals surface area contributed by atoms with Gasteiger partial charge in [-0.1, -0.05) is 25.0 Å². The molecule has 4 heteroatoms. The third kappa shape index (κ3) is 3.53. The maximum atomic E-state index is 12.7. The van der Waals surface area contributed by atoms with Crippen LogP contribution in [0.1, 0.15) is 38.2 Å². The van der Waals surface area contributed by atoms with Crippen LogP contribution in [0.25, 0.3) is 0 Å².